The lowest BCUT2D eigenvalue weighted by Gasteiger charge is -2.29. The number of benzene rings is 2. The van der Waals surface area contributed by atoms with Crippen molar-refractivity contribution in [1.82, 2.24) is 9.91 Å². The minimum absolute atomic E-state index is 0.0287. The predicted molar refractivity (Wildman–Crippen MR) is 112 cm³/mol. The second-order valence-corrected chi connectivity index (χ2v) is 7.53. The van der Waals surface area contributed by atoms with Crippen molar-refractivity contribution in [1.29, 1.82) is 0 Å². The van der Waals surface area contributed by atoms with E-state index in [1.165, 1.54) is 5.56 Å². The zero-order valence-corrected chi connectivity index (χ0v) is 17.0. The van der Waals surface area contributed by atoms with Crippen LogP contribution in [0.2, 0.25) is 0 Å². The van der Waals surface area contributed by atoms with Crippen molar-refractivity contribution >= 4 is 11.6 Å². The van der Waals surface area contributed by atoms with Gasteiger partial charge in [-0.2, -0.15) is 5.10 Å². The van der Waals surface area contributed by atoms with E-state index in [0.717, 1.165) is 35.7 Å². The standard InChI is InChI=1S/C23H27N3O3/c1-17-3-5-19(6-4-17)22-15-21(18-7-9-20(28-2)10-8-18)24-26(22)23(27)16-25-11-13-29-14-12-25/h3-10,22H,11-16H2,1-2H3. The zero-order chi connectivity index (χ0) is 20.2. The van der Waals surface area contributed by atoms with Crippen LogP contribution in [0.5, 0.6) is 5.75 Å². The maximum absolute atomic E-state index is 13.2. The number of ether oxygens (including phenoxy) is 2. The van der Waals surface area contributed by atoms with E-state index < -0.39 is 0 Å². The summed E-state index contributed by atoms with van der Waals surface area (Å²) in [4.78, 5) is 15.3. The van der Waals surface area contributed by atoms with Crippen molar-refractivity contribution in [2.45, 2.75) is 19.4 Å². The first-order valence-corrected chi connectivity index (χ1v) is 10.0. The van der Waals surface area contributed by atoms with Gasteiger partial charge in [0, 0.05) is 19.5 Å². The lowest BCUT2D eigenvalue weighted by Crippen LogP contribution is -2.43. The summed E-state index contributed by atoms with van der Waals surface area (Å²) in [7, 11) is 1.65. The third kappa shape index (κ3) is 4.49. The predicted octanol–water partition coefficient (Wildman–Crippen LogP) is 3.01. The summed E-state index contributed by atoms with van der Waals surface area (Å²) in [6, 6.07) is 16.1. The molecule has 0 bridgehead atoms. The van der Waals surface area contributed by atoms with Crippen LogP contribution in [-0.2, 0) is 9.53 Å². The Morgan fingerprint density at radius 3 is 2.45 bits per heavy atom. The van der Waals surface area contributed by atoms with E-state index >= 15 is 0 Å². The average molecular weight is 393 g/mol. The van der Waals surface area contributed by atoms with Crippen LogP contribution in [0.4, 0.5) is 0 Å². The number of hydrazone groups is 1. The molecule has 152 valence electrons. The number of hydrogen-bond donors (Lipinski definition) is 0. The molecule has 0 radical (unpaired) electrons. The molecule has 1 atom stereocenters. The van der Waals surface area contributed by atoms with E-state index in [4.69, 9.17) is 14.6 Å². The first-order valence-electron chi connectivity index (χ1n) is 10.0. The van der Waals surface area contributed by atoms with E-state index in [9.17, 15) is 4.79 Å². The number of rotatable bonds is 5. The van der Waals surface area contributed by atoms with Gasteiger partial charge < -0.3 is 9.47 Å². The minimum atomic E-state index is -0.0822. The van der Waals surface area contributed by atoms with E-state index in [2.05, 4.69) is 36.1 Å². The van der Waals surface area contributed by atoms with Gasteiger partial charge in [-0.05, 0) is 42.3 Å². The second-order valence-electron chi connectivity index (χ2n) is 7.53. The Bertz CT molecular complexity index is 871. The van der Waals surface area contributed by atoms with Crippen LogP contribution >= 0.6 is 0 Å². The normalized spacial score (nSPS) is 19.9. The molecule has 4 rings (SSSR count). The van der Waals surface area contributed by atoms with Gasteiger partial charge in [0.25, 0.3) is 5.91 Å². The van der Waals surface area contributed by atoms with E-state index in [-0.39, 0.29) is 11.9 Å². The Labute approximate surface area is 171 Å². The molecule has 2 aromatic rings. The molecule has 2 aliphatic rings. The van der Waals surface area contributed by atoms with Gasteiger partial charge in [-0.25, -0.2) is 5.01 Å². The highest BCUT2D eigenvalue weighted by atomic mass is 16.5. The average Bonchev–Trinajstić information content (AvgIpc) is 3.21. The van der Waals surface area contributed by atoms with E-state index in [1.807, 2.05) is 24.3 Å². The summed E-state index contributed by atoms with van der Waals surface area (Å²) in [5.41, 5.74) is 4.26. The monoisotopic (exact) mass is 393 g/mol. The zero-order valence-electron chi connectivity index (χ0n) is 17.0. The summed E-state index contributed by atoms with van der Waals surface area (Å²) in [5, 5.41) is 6.44. The topological polar surface area (TPSA) is 54.4 Å². The quantitative estimate of drug-likeness (QED) is 0.784. The smallest absolute Gasteiger partial charge is 0.257 e. The van der Waals surface area contributed by atoms with Gasteiger partial charge in [0.15, 0.2) is 0 Å². The summed E-state index contributed by atoms with van der Waals surface area (Å²) in [6.45, 7) is 5.35. The van der Waals surface area contributed by atoms with Crippen molar-refractivity contribution < 1.29 is 14.3 Å². The van der Waals surface area contributed by atoms with Crippen LogP contribution in [-0.4, -0.2) is 61.5 Å². The summed E-state index contributed by atoms with van der Waals surface area (Å²) < 4.78 is 10.7. The summed E-state index contributed by atoms with van der Waals surface area (Å²) >= 11 is 0. The molecule has 2 heterocycles. The molecule has 1 amide bonds. The van der Waals surface area contributed by atoms with Gasteiger partial charge >= 0.3 is 0 Å². The molecule has 1 unspecified atom stereocenters. The van der Waals surface area contributed by atoms with Gasteiger partial charge in [0.05, 0.1) is 38.6 Å². The highest BCUT2D eigenvalue weighted by Crippen LogP contribution is 2.33. The van der Waals surface area contributed by atoms with E-state index in [1.54, 1.807) is 12.1 Å². The SMILES string of the molecule is COc1ccc(C2=NN(C(=O)CN3CCOCC3)C(c3ccc(C)cc3)C2)cc1. The molecule has 6 heteroatoms. The first kappa shape index (κ1) is 19.6. The maximum Gasteiger partial charge on any atom is 0.257 e. The number of carbonyl (C=O) groups excluding carboxylic acids is 1. The van der Waals surface area contributed by atoms with Crippen molar-refractivity contribution in [2.24, 2.45) is 5.10 Å². The third-order valence-electron chi connectivity index (χ3n) is 5.51. The molecular formula is C23H27N3O3. The highest BCUT2D eigenvalue weighted by Gasteiger charge is 2.33. The second kappa shape index (κ2) is 8.76. The molecule has 29 heavy (non-hydrogen) atoms. The number of methoxy groups -OCH3 is 1. The van der Waals surface area contributed by atoms with Gasteiger partial charge in [-0.15, -0.1) is 0 Å². The van der Waals surface area contributed by atoms with Crippen LogP contribution in [0.25, 0.3) is 0 Å². The van der Waals surface area contributed by atoms with Crippen LogP contribution in [0.3, 0.4) is 0 Å². The minimum Gasteiger partial charge on any atom is -0.497 e. The Hall–Kier alpha value is -2.70. The van der Waals surface area contributed by atoms with Crippen molar-refractivity contribution in [3.05, 3.63) is 65.2 Å². The number of carbonyl (C=O) groups is 1. The molecule has 2 aliphatic heterocycles. The number of nitrogens with zero attached hydrogens (tertiary/aromatic N) is 3. The number of amides is 1. The number of aryl methyl sites for hydroxylation is 1. The van der Waals surface area contributed by atoms with Gasteiger partial charge in [-0.1, -0.05) is 29.8 Å². The fourth-order valence-corrected chi connectivity index (χ4v) is 3.77. The number of morpholine rings is 1. The Morgan fingerprint density at radius 1 is 1.10 bits per heavy atom. The highest BCUT2D eigenvalue weighted by molar-refractivity contribution is 6.03. The molecule has 1 saturated heterocycles. The molecule has 0 saturated carbocycles. The molecule has 0 spiro atoms. The first-order chi connectivity index (χ1) is 14.1. The van der Waals surface area contributed by atoms with Crippen LogP contribution < -0.4 is 4.74 Å². The van der Waals surface area contributed by atoms with Crippen LogP contribution in [0.1, 0.15) is 29.2 Å². The number of hydrogen-bond acceptors (Lipinski definition) is 5. The Kier molecular flexibility index (Phi) is 5.92. The Morgan fingerprint density at radius 2 is 1.79 bits per heavy atom. The van der Waals surface area contributed by atoms with Crippen LogP contribution in [0, 0.1) is 6.92 Å². The van der Waals surface area contributed by atoms with Gasteiger partial charge in [-0.3, -0.25) is 9.69 Å². The van der Waals surface area contributed by atoms with Crippen LogP contribution in [0.15, 0.2) is 53.6 Å². The molecule has 2 aromatic carbocycles. The molecular weight excluding hydrogens is 366 g/mol. The summed E-state index contributed by atoms with van der Waals surface area (Å²) in [5.74, 6) is 0.837. The fraction of sp³-hybridized carbons (Fsp3) is 0.391. The lowest BCUT2D eigenvalue weighted by atomic mass is 9.97. The van der Waals surface area contributed by atoms with Gasteiger partial charge in [0.2, 0.25) is 0 Å². The molecule has 6 nitrogen and oxygen atoms in total. The molecule has 0 N–H and O–H groups in total. The maximum atomic E-state index is 13.2. The third-order valence-corrected chi connectivity index (χ3v) is 5.51. The van der Waals surface area contributed by atoms with Crippen molar-refractivity contribution in [2.75, 3.05) is 40.0 Å². The van der Waals surface area contributed by atoms with E-state index in [0.29, 0.717) is 26.2 Å². The van der Waals surface area contributed by atoms with Crippen molar-refractivity contribution in [3.8, 4) is 5.75 Å². The summed E-state index contributed by atoms with van der Waals surface area (Å²) in [6.07, 6.45) is 0.699. The molecule has 1 fully saturated rings. The van der Waals surface area contributed by atoms with Gasteiger partial charge in [0.1, 0.15) is 5.75 Å². The lowest BCUT2D eigenvalue weighted by molar-refractivity contribution is -0.135. The largest absolute Gasteiger partial charge is 0.497 e. The fourth-order valence-electron chi connectivity index (χ4n) is 3.77. The van der Waals surface area contributed by atoms with Crippen molar-refractivity contribution in [3.63, 3.8) is 0 Å². The Balaban J connectivity index is 1.59. The molecule has 0 aromatic heterocycles. The molecule has 0 aliphatic carbocycles.